The van der Waals surface area contributed by atoms with E-state index in [1.165, 1.54) is 12.1 Å². The molecular weight excluding hydrogens is 385 g/mol. The Bertz CT molecular complexity index is 1220. The summed E-state index contributed by atoms with van der Waals surface area (Å²) in [7, 11) is 3.13. The number of hydrogen-bond donors (Lipinski definition) is 1. The molecule has 0 saturated carbocycles. The molecule has 1 N–H and O–H groups in total. The predicted octanol–water partition coefficient (Wildman–Crippen LogP) is 4.50. The number of imidazole rings is 1. The molecule has 1 aromatic heterocycles. The van der Waals surface area contributed by atoms with E-state index in [2.05, 4.69) is 5.32 Å². The van der Waals surface area contributed by atoms with Gasteiger partial charge in [0.15, 0.2) is 11.5 Å². The van der Waals surface area contributed by atoms with Crippen LogP contribution in [0.3, 0.4) is 0 Å². The lowest BCUT2D eigenvalue weighted by molar-refractivity contribution is -0.116. The first-order valence-electron chi connectivity index (χ1n) is 9.32. The highest BCUT2D eigenvalue weighted by Gasteiger charge is 2.17. The van der Waals surface area contributed by atoms with Crippen LogP contribution in [0.2, 0.25) is 0 Å². The Balaban J connectivity index is 1.74. The molecule has 0 aliphatic carbocycles. The van der Waals surface area contributed by atoms with Crippen molar-refractivity contribution >= 4 is 22.6 Å². The molecule has 1 amide bonds. The maximum absolute atomic E-state index is 13.9. The molecule has 0 unspecified atom stereocenters. The number of hydrogen-bond acceptors (Lipinski definition) is 4. The minimum absolute atomic E-state index is 0.0292. The van der Waals surface area contributed by atoms with Crippen LogP contribution in [0, 0.1) is 5.82 Å². The minimum atomic E-state index is -0.485. The Labute approximate surface area is 172 Å². The molecule has 0 saturated heterocycles. The molecule has 3 aromatic carbocycles. The molecule has 0 atom stereocenters. The molecule has 0 bridgehead atoms. The number of rotatable bonds is 6. The first-order chi connectivity index (χ1) is 14.6. The standard InChI is InChI=1S/C23H20FN3O3/c1-29-20-12-11-15(13-21(20)30-2)23-26-18-9-5-6-10-19(18)27(23)14-22(28)25-17-8-4-3-7-16(17)24/h3-13H,14H2,1-2H3,(H,25,28). The Morgan fingerprint density at radius 2 is 1.73 bits per heavy atom. The predicted molar refractivity (Wildman–Crippen MR) is 113 cm³/mol. The van der Waals surface area contributed by atoms with Crippen LogP contribution in [0.5, 0.6) is 11.5 Å². The molecular formula is C23H20FN3O3. The average molecular weight is 405 g/mol. The SMILES string of the molecule is COc1ccc(-c2nc3ccccc3n2CC(=O)Nc2ccccc2F)cc1OC. The van der Waals surface area contributed by atoms with Gasteiger partial charge < -0.3 is 19.4 Å². The quantitative estimate of drug-likeness (QED) is 0.513. The van der Waals surface area contributed by atoms with Crippen LogP contribution in [0.25, 0.3) is 22.4 Å². The van der Waals surface area contributed by atoms with Gasteiger partial charge in [-0.1, -0.05) is 24.3 Å². The molecule has 0 aliphatic rings. The zero-order chi connectivity index (χ0) is 21.1. The molecule has 30 heavy (non-hydrogen) atoms. The van der Waals surface area contributed by atoms with E-state index in [1.54, 1.807) is 37.0 Å². The number of fused-ring (bicyclic) bond motifs is 1. The van der Waals surface area contributed by atoms with Crippen molar-refractivity contribution in [2.45, 2.75) is 6.54 Å². The molecule has 152 valence electrons. The molecule has 0 aliphatic heterocycles. The van der Waals surface area contributed by atoms with Gasteiger partial charge in [-0.2, -0.15) is 0 Å². The van der Waals surface area contributed by atoms with Crippen molar-refractivity contribution in [2.24, 2.45) is 0 Å². The van der Waals surface area contributed by atoms with Gasteiger partial charge in [0.25, 0.3) is 0 Å². The third-order valence-electron chi connectivity index (χ3n) is 4.75. The Morgan fingerprint density at radius 3 is 2.50 bits per heavy atom. The number of methoxy groups -OCH3 is 2. The van der Waals surface area contributed by atoms with E-state index in [1.807, 2.05) is 36.4 Å². The van der Waals surface area contributed by atoms with E-state index in [0.717, 1.165) is 16.6 Å². The fraction of sp³-hybridized carbons (Fsp3) is 0.130. The summed E-state index contributed by atoms with van der Waals surface area (Å²) in [6, 6.07) is 19.1. The van der Waals surface area contributed by atoms with Gasteiger partial charge in [-0.3, -0.25) is 4.79 Å². The zero-order valence-electron chi connectivity index (χ0n) is 16.6. The van der Waals surface area contributed by atoms with E-state index in [0.29, 0.717) is 17.3 Å². The van der Waals surface area contributed by atoms with Crippen LogP contribution in [0.15, 0.2) is 66.7 Å². The number of halogens is 1. The highest BCUT2D eigenvalue weighted by atomic mass is 19.1. The van der Waals surface area contributed by atoms with Crippen molar-refractivity contribution in [1.29, 1.82) is 0 Å². The van der Waals surface area contributed by atoms with Gasteiger partial charge in [0.2, 0.25) is 5.91 Å². The molecule has 6 nitrogen and oxygen atoms in total. The summed E-state index contributed by atoms with van der Waals surface area (Å²) in [4.78, 5) is 17.4. The number of amides is 1. The fourth-order valence-corrected chi connectivity index (χ4v) is 3.33. The normalized spacial score (nSPS) is 10.8. The van der Waals surface area contributed by atoms with Crippen LogP contribution in [-0.4, -0.2) is 29.7 Å². The molecule has 0 radical (unpaired) electrons. The summed E-state index contributed by atoms with van der Waals surface area (Å²) < 4.78 is 26.4. The maximum Gasteiger partial charge on any atom is 0.244 e. The number of benzene rings is 3. The minimum Gasteiger partial charge on any atom is -0.493 e. The lowest BCUT2D eigenvalue weighted by atomic mass is 10.2. The summed E-state index contributed by atoms with van der Waals surface area (Å²) in [5.41, 5.74) is 2.45. The smallest absolute Gasteiger partial charge is 0.244 e. The molecule has 7 heteroatoms. The van der Waals surface area contributed by atoms with Crippen molar-refractivity contribution in [2.75, 3.05) is 19.5 Å². The van der Waals surface area contributed by atoms with Crippen molar-refractivity contribution in [3.05, 3.63) is 72.5 Å². The number of carbonyl (C=O) groups excluding carboxylic acids is 1. The number of aromatic nitrogens is 2. The first-order valence-corrected chi connectivity index (χ1v) is 9.32. The summed E-state index contributed by atoms with van der Waals surface area (Å²) in [5, 5.41) is 2.63. The second-order valence-electron chi connectivity index (χ2n) is 6.61. The third-order valence-corrected chi connectivity index (χ3v) is 4.75. The van der Waals surface area contributed by atoms with Crippen molar-refractivity contribution in [1.82, 2.24) is 9.55 Å². The highest BCUT2D eigenvalue weighted by Crippen LogP contribution is 2.33. The second kappa shape index (κ2) is 8.24. The van der Waals surface area contributed by atoms with E-state index in [4.69, 9.17) is 14.5 Å². The van der Waals surface area contributed by atoms with Crippen LogP contribution in [-0.2, 0) is 11.3 Å². The largest absolute Gasteiger partial charge is 0.493 e. The van der Waals surface area contributed by atoms with Gasteiger partial charge in [0, 0.05) is 5.56 Å². The number of carbonyl (C=O) groups is 1. The van der Waals surface area contributed by atoms with Crippen molar-refractivity contribution < 1.29 is 18.7 Å². The summed E-state index contributed by atoms with van der Waals surface area (Å²) in [6.45, 7) is -0.0292. The third kappa shape index (κ3) is 3.69. The lowest BCUT2D eigenvalue weighted by Gasteiger charge is -2.12. The number of nitrogens with one attached hydrogen (secondary N) is 1. The molecule has 4 rings (SSSR count). The van der Waals surface area contributed by atoms with Crippen LogP contribution in [0.4, 0.5) is 10.1 Å². The number of nitrogens with zero attached hydrogens (tertiary/aromatic N) is 2. The van der Waals surface area contributed by atoms with Crippen LogP contribution >= 0.6 is 0 Å². The second-order valence-corrected chi connectivity index (χ2v) is 6.61. The fourth-order valence-electron chi connectivity index (χ4n) is 3.33. The van der Waals surface area contributed by atoms with Crippen molar-refractivity contribution in [3.63, 3.8) is 0 Å². The number of anilines is 1. The molecule has 1 heterocycles. The highest BCUT2D eigenvalue weighted by molar-refractivity contribution is 5.92. The summed E-state index contributed by atoms with van der Waals surface area (Å²) in [5.74, 6) is 0.915. The first kappa shape index (κ1) is 19.4. The van der Waals surface area contributed by atoms with Gasteiger partial charge in [0.05, 0.1) is 30.9 Å². The van der Waals surface area contributed by atoms with Crippen LogP contribution in [0.1, 0.15) is 0 Å². The van der Waals surface area contributed by atoms with Gasteiger partial charge in [-0.05, 0) is 42.5 Å². The topological polar surface area (TPSA) is 65.4 Å². The molecule has 4 aromatic rings. The Morgan fingerprint density at radius 1 is 1.00 bits per heavy atom. The van der Waals surface area contributed by atoms with E-state index >= 15 is 0 Å². The van der Waals surface area contributed by atoms with Crippen LogP contribution < -0.4 is 14.8 Å². The van der Waals surface area contributed by atoms with E-state index in [9.17, 15) is 9.18 Å². The van der Waals surface area contributed by atoms with E-state index < -0.39 is 5.82 Å². The average Bonchev–Trinajstić information content (AvgIpc) is 3.13. The summed E-state index contributed by atoms with van der Waals surface area (Å²) in [6.07, 6.45) is 0. The molecule has 0 spiro atoms. The Hall–Kier alpha value is -3.87. The van der Waals surface area contributed by atoms with Gasteiger partial charge >= 0.3 is 0 Å². The monoisotopic (exact) mass is 405 g/mol. The number of para-hydroxylation sites is 3. The Kier molecular flexibility index (Phi) is 5.34. The van der Waals surface area contributed by atoms with E-state index in [-0.39, 0.29) is 18.1 Å². The molecule has 0 fully saturated rings. The zero-order valence-corrected chi connectivity index (χ0v) is 16.6. The lowest BCUT2D eigenvalue weighted by Crippen LogP contribution is -2.20. The number of ether oxygens (including phenoxy) is 2. The van der Waals surface area contributed by atoms with Crippen molar-refractivity contribution in [3.8, 4) is 22.9 Å². The van der Waals surface area contributed by atoms with Gasteiger partial charge in [0.1, 0.15) is 18.2 Å². The maximum atomic E-state index is 13.9. The van der Waals surface area contributed by atoms with Gasteiger partial charge in [-0.15, -0.1) is 0 Å². The van der Waals surface area contributed by atoms with Gasteiger partial charge in [-0.25, -0.2) is 9.37 Å². The summed E-state index contributed by atoms with van der Waals surface area (Å²) >= 11 is 0.